The van der Waals surface area contributed by atoms with E-state index >= 15 is 0 Å². The number of aromatic nitrogens is 1. The molecule has 0 aliphatic rings. The molecule has 182 valence electrons. The lowest BCUT2D eigenvalue weighted by Crippen LogP contribution is -2.41. The Morgan fingerprint density at radius 1 is 0.914 bits per heavy atom. The summed E-state index contributed by atoms with van der Waals surface area (Å²) in [5, 5.41) is 29.9. The smallest absolute Gasteiger partial charge is 0.323 e. The topological polar surface area (TPSA) is 119 Å². The van der Waals surface area contributed by atoms with E-state index < -0.39 is 6.10 Å². The summed E-state index contributed by atoms with van der Waals surface area (Å²) in [5.74, 6) is 0.715. The number of urea groups is 1. The van der Waals surface area contributed by atoms with Crippen LogP contribution in [0.25, 0.3) is 10.9 Å². The Morgan fingerprint density at radius 3 is 2.40 bits per heavy atom. The summed E-state index contributed by atoms with van der Waals surface area (Å²) in [5.41, 5.74) is 3.36. The molecule has 0 saturated heterocycles. The third kappa shape index (κ3) is 7.07. The number of amides is 2. The average molecular weight is 475 g/mol. The maximum absolute atomic E-state index is 12.1. The zero-order valence-corrected chi connectivity index (χ0v) is 19.3. The number of benzene rings is 3. The van der Waals surface area contributed by atoms with Crippen LogP contribution in [0.5, 0.6) is 5.75 Å². The standard InChI is InChI=1S/C27H30N4O4/c32-17-22(29-16-23(33)18-35-26-8-4-7-25-24(26)13-14-28-25)15-19-9-11-21(12-10-19)31-27(34)30-20-5-2-1-3-6-20/h1-14,22-23,28-29,32-33H,15-18H2,(H2,30,31,34)/t22-,23-/m0/s1. The number of aliphatic hydroxyl groups is 2. The van der Waals surface area contributed by atoms with Crippen LogP contribution in [0.4, 0.5) is 16.2 Å². The molecular formula is C27H30N4O4. The van der Waals surface area contributed by atoms with Crippen LogP contribution in [-0.2, 0) is 6.42 Å². The summed E-state index contributed by atoms with van der Waals surface area (Å²) in [4.78, 5) is 15.3. The highest BCUT2D eigenvalue weighted by molar-refractivity contribution is 5.99. The number of para-hydroxylation sites is 1. The molecular weight excluding hydrogens is 444 g/mol. The number of rotatable bonds is 11. The van der Waals surface area contributed by atoms with E-state index in [4.69, 9.17) is 4.74 Å². The number of fused-ring (bicyclic) bond motifs is 1. The zero-order chi connectivity index (χ0) is 24.5. The monoisotopic (exact) mass is 474 g/mol. The summed E-state index contributed by atoms with van der Waals surface area (Å²) in [6.07, 6.45) is 1.69. The first-order valence-electron chi connectivity index (χ1n) is 11.5. The number of nitrogens with one attached hydrogen (secondary N) is 4. The van der Waals surface area contributed by atoms with Crippen LogP contribution >= 0.6 is 0 Å². The number of aromatic amines is 1. The Kier molecular flexibility index (Phi) is 8.34. The van der Waals surface area contributed by atoms with Crippen LogP contribution in [-0.4, -0.2) is 53.1 Å². The van der Waals surface area contributed by atoms with E-state index in [0.29, 0.717) is 23.5 Å². The number of hydrogen-bond donors (Lipinski definition) is 6. The average Bonchev–Trinajstić information content (AvgIpc) is 3.36. The van der Waals surface area contributed by atoms with Crippen molar-refractivity contribution in [2.24, 2.45) is 0 Å². The molecule has 8 nitrogen and oxygen atoms in total. The largest absolute Gasteiger partial charge is 0.490 e. The number of carbonyl (C=O) groups excluding carboxylic acids is 1. The minimum absolute atomic E-state index is 0.0737. The highest BCUT2D eigenvalue weighted by atomic mass is 16.5. The van der Waals surface area contributed by atoms with Gasteiger partial charge in [0.25, 0.3) is 0 Å². The summed E-state index contributed by atoms with van der Waals surface area (Å²) < 4.78 is 5.79. The third-order valence-electron chi connectivity index (χ3n) is 5.57. The van der Waals surface area contributed by atoms with Gasteiger partial charge in [-0.25, -0.2) is 4.79 Å². The summed E-state index contributed by atoms with van der Waals surface area (Å²) in [6.45, 7) is 0.351. The van der Waals surface area contributed by atoms with E-state index in [1.54, 1.807) is 0 Å². The van der Waals surface area contributed by atoms with Crippen molar-refractivity contribution < 1.29 is 19.7 Å². The highest BCUT2D eigenvalue weighted by Gasteiger charge is 2.13. The fourth-order valence-electron chi connectivity index (χ4n) is 3.75. The first kappa shape index (κ1) is 24.3. The molecule has 1 aromatic heterocycles. The normalized spacial score (nSPS) is 12.7. The predicted molar refractivity (Wildman–Crippen MR) is 138 cm³/mol. The van der Waals surface area contributed by atoms with Gasteiger partial charge in [0.1, 0.15) is 18.5 Å². The summed E-state index contributed by atoms with van der Waals surface area (Å²) in [7, 11) is 0. The van der Waals surface area contributed by atoms with Crippen LogP contribution in [0.1, 0.15) is 5.56 Å². The lowest BCUT2D eigenvalue weighted by Gasteiger charge is -2.20. The first-order chi connectivity index (χ1) is 17.1. The molecule has 8 heteroatoms. The number of H-pyrrole nitrogens is 1. The van der Waals surface area contributed by atoms with E-state index in [1.165, 1.54) is 0 Å². The van der Waals surface area contributed by atoms with Gasteiger partial charge >= 0.3 is 6.03 Å². The molecule has 2 atom stereocenters. The fraction of sp³-hybridized carbons (Fsp3) is 0.222. The van der Waals surface area contributed by atoms with Gasteiger partial charge in [0.05, 0.1) is 6.61 Å². The zero-order valence-electron chi connectivity index (χ0n) is 19.3. The predicted octanol–water partition coefficient (Wildman–Crippen LogP) is 3.74. The number of hydrogen-bond acceptors (Lipinski definition) is 5. The van der Waals surface area contributed by atoms with E-state index in [2.05, 4.69) is 20.9 Å². The second-order valence-electron chi connectivity index (χ2n) is 8.29. The molecule has 2 amide bonds. The molecule has 35 heavy (non-hydrogen) atoms. The van der Waals surface area contributed by atoms with Crippen LogP contribution in [0.15, 0.2) is 85.1 Å². The number of ether oxygens (including phenoxy) is 1. The quantitative estimate of drug-likeness (QED) is 0.198. The van der Waals surface area contributed by atoms with Crippen LogP contribution < -0.4 is 20.7 Å². The van der Waals surface area contributed by atoms with Gasteiger partial charge in [-0.15, -0.1) is 0 Å². The number of anilines is 2. The maximum Gasteiger partial charge on any atom is 0.323 e. The SMILES string of the molecule is O=C(Nc1ccccc1)Nc1ccc(C[C@@H](CO)NC[C@H](O)COc2cccc3[nH]ccc23)cc1. The van der Waals surface area contributed by atoms with Gasteiger partial charge in [-0.05, 0) is 54.4 Å². The molecule has 0 spiro atoms. The van der Waals surface area contributed by atoms with Crippen molar-refractivity contribution in [1.82, 2.24) is 10.3 Å². The number of carbonyl (C=O) groups is 1. The van der Waals surface area contributed by atoms with E-state index in [0.717, 1.165) is 16.5 Å². The highest BCUT2D eigenvalue weighted by Crippen LogP contribution is 2.24. The Bertz CT molecular complexity index is 1210. The van der Waals surface area contributed by atoms with Crippen LogP contribution in [0.2, 0.25) is 0 Å². The summed E-state index contributed by atoms with van der Waals surface area (Å²) >= 11 is 0. The van der Waals surface area contributed by atoms with E-state index in [1.807, 2.05) is 85.1 Å². The fourth-order valence-corrected chi connectivity index (χ4v) is 3.75. The van der Waals surface area contributed by atoms with Gasteiger partial charge in [0.2, 0.25) is 0 Å². The first-order valence-corrected chi connectivity index (χ1v) is 11.5. The van der Waals surface area contributed by atoms with Gasteiger partial charge in [-0.1, -0.05) is 36.4 Å². The molecule has 0 fully saturated rings. The molecule has 0 radical (unpaired) electrons. The van der Waals surface area contributed by atoms with E-state index in [9.17, 15) is 15.0 Å². The lowest BCUT2D eigenvalue weighted by molar-refractivity contribution is 0.100. The van der Waals surface area contributed by atoms with E-state index in [-0.39, 0.29) is 31.8 Å². The molecule has 0 aliphatic heterocycles. The van der Waals surface area contributed by atoms with Gasteiger partial charge in [-0.2, -0.15) is 0 Å². The second-order valence-corrected chi connectivity index (χ2v) is 8.29. The van der Waals surface area contributed by atoms with Crippen LogP contribution in [0.3, 0.4) is 0 Å². The Hall–Kier alpha value is -3.85. The molecule has 4 rings (SSSR count). The molecule has 6 N–H and O–H groups in total. The van der Waals surface area contributed by atoms with Crippen molar-refractivity contribution in [1.29, 1.82) is 0 Å². The maximum atomic E-state index is 12.1. The van der Waals surface area contributed by atoms with Crippen molar-refractivity contribution >= 4 is 28.3 Å². The molecule has 0 aliphatic carbocycles. The van der Waals surface area contributed by atoms with Gasteiger partial charge in [-0.3, -0.25) is 0 Å². The van der Waals surface area contributed by atoms with Crippen molar-refractivity contribution in [2.75, 3.05) is 30.4 Å². The van der Waals surface area contributed by atoms with Crippen molar-refractivity contribution in [3.63, 3.8) is 0 Å². The molecule has 3 aromatic carbocycles. The lowest BCUT2D eigenvalue weighted by atomic mass is 10.1. The molecule has 0 saturated carbocycles. The van der Waals surface area contributed by atoms with Crippen LogP contribution in [0, 0.1) is 0 Å². The van der Waals surface area contributed by atoms with Gasteiger partial charge in [0.15, 0.2) is 0 Å². The molecule has 0 bridgehead atoms. The second kappa shape index (κ2) is 12.0. The Balaban J connectivity index is 1.21. The molecule has 1 heterocycles. The summed E-state index contributed by atoms with van der Waals surface area (Å²) in [6, 6.07) is 23.8. The molecule has 0 unspecified atom stereocenters. The van der Waals surface area contributed by atoms with Gasteiger partial charge in [0, 0.05) is 41.1 Å². The number of aliphatic hydroxyl groups excluding tert-OH is 2. The van der Waals surface area contributed by atoms with Crippen molar-refractivity contribution in [3.8, 4) is 5.75 Å². The Labute approximate surface area is 204 Å². The van der Waals surface area contributed by atoms with Crippen molar-refractivity contribution in [2.45, 2.75) is 18.6 Å². The minimum Gasteiger partial charge on any atom is -0.490 e. The Morgan fingerprint density at radius 2 is 1.66 bits per heavy atom. The van der Waals surface area contributed by atoms with Gasteiger partial charge < -0.3 is 35.9 Å². The molecule has 4 aromatic rings. The minimum atomic E-state index is -0.729. The third-order valence-corrected chi connectivity index (χ3v) is 5.57. The van der Waals surface area contributed by atoms with Crippen molar-refractivity contribution in [3.05, 3.63) is 90.6 Å².